The fourth-order valence-corrected chi connectivity index (χ4v) is 2.70. The molecule has 2 heterocycles. The molecule has 1 aliphatic heterocycles. The van der Waals surface area contributed by atoms with Gasteiger partial charge in [0.15, 0.2) is 6.04 Å². The van der Waals surface area contributed by atoms with Gasteiger partial charge in [-0.1, -0.05) is 6.07 Å². The lowest BCUT2D eigenvalue weighted by atomic mass is 9.84. The summed E-state index contributed by atoms with van der Waals surface area (Å²) in [6, 6.07) is 1.95. The summed E-state index contributed by atoms with van der Waals surface area (Å²) >= 11 is 1.29. The van der Waals surface area contributed by atoms with Crippen LogP contribution in [0.5, 0.6) is 0 Å². The van der Waals surface area contributed by atoms with Crippen molar-refractivity contribution in [1.29, 1.82) is 0 Å². The summed E-state index contributed by atoms with van der Waals surface area (Å²) in [4.78, 5) is 24.1. The van der Waals surface area contributed by atoms with Crippen LogP contribution in [0.4, 0.5) is 0 Å². The van der Waals surface area contributed by atoms with Gasteiger partial charge in [0.1, 0.15) is 0 Å². The van der Waals surface area contributed by atoms with Crippen LogP contribution in [0, 0.1) is 5.41 Å². The molecule has 104 valence electrons. The maximum absolute atomic E-state index is 12.3. The van der Waals surface area contributed by atoms with E-state index < -0.39 is 29.4 Å². The minimum atomic E-state index is -1.09. The maximum atomic E-state index is 12.3. The fourth-order valence-electron chi connectivity index (χ4n) is 1.93. The van der Waals surface area contributed by atoms with E-state index in [1.54, 1.807) is 24.4 Å². The molecule has 0 spiro atoms. The minimum absolute atomic E-state index is 0.205. The number of hydrogen-bond donors (Lipinski definition) is 3. The molecule has 1 aromatic rings. The number of ether oxygens (including phenoxy) is 1. The number of carboxylic acid groups (broad SMARTS) is 1. The molecule has 3 atom stereocenters. The van der Waals surface area contributed by atoms with Crippen molar-refractivity contribution < 1.29 is 19.4 Å². The molecule has 1 amide bonds. The van der Waals surface area contributed by atoms with Crippen LogP contribution in [0.2, 0.25) is 0 Å². The van der Waals surface area contributed by atoms with Gasteiger partial charge in [-0.25, -0.2) is 4.79 Å². The molecule has 1 saturated heterocycles. The van der Waals surface area contributed by atoms with E-state index in [-0.39, 0.29) is 6.61 Å². The van der Waals surface area contributed by atoms with E-state index in [2.05, 4.69) is 5.32 Å². The van der Waals surface area contributed by atoms with Crippen molar-refractivity contribution in [1.82, 2.24) is 5.32 Å². The van der Waals surface area contributed by atoms with Gasteiger partial charge in [-0.3, -0.25) is 4.79 Å². The van der Waals surface area contributed by atoms with Gasteiger partial charge in [-0.2, -0.15) is 0 Å². The van der Waals surface area contributed by atoms with Gasteiger partial charge in [0.25, 0.3) is 0 Å². The van der Waals surface area contributed by atoms with Crippen LogP contribution in [0.1, 0.15) is 17.8 Å². The lowest BCUT2D eigenvalue weighted by Gasteiger charge is -2.27. The van der Waals surface area contributed by atoms with Gasteiger partial charge in [0.05, 0.1) is 18.6 Å². The zero-order chi connectivity index (χ0) is 14.0. The van der Waals surface area contributed by atoms with Gasteiger partial charge in [-0.15, -0.1) is 11.3 Å². The van der Waals surface area contributed by atoms with Crippen LogP contribution in [-0.4, -0.2) is 36.2 Å². The van der Waals surface area contributed by atoms with Crippen molar-refractivity contribution >= 4 is 23.2 Å². The van der Waals surface area contributed by atoms with Gasteiger partial charge in [-0.05, 0) is 18.4 Å². The second-order valence-corrected chi connectivity index (χ2v) is 5.78. The number of carbonyl (C=O) groups is 2. The van der Waals surface area contributed by atoms with Crippen LogP contribution < -0.4 is 11.1 Å². The van der Waals surface area contributed by atoms with Gasteiger partial charge in [0, 0.05) is 10.9 Å². The molecule has 0 saturated carbocycles. The van der Waals surface area contributed by atoms with E-state index in [9.17, 15) is 14.7 Å². The molecule has 0 bridgehead atoms. The third kappa shape index (κ3) is 2.63. The highest BCUT2D eigenvalue weighted by Gasteiger charge is 2.45. The summed E-state index contributed by atoms with van der Waals surface area (Å²) in [5.41, 5.74) is 4.97. The summed E-state index contributed by atoms with van der Waals surface area (Å²) in [6.45, 7) is 2.20. The van der Waals surface area contributed by atoms with Crippen molar-refractivity contribution in [3.8, 4) is 0 Å². The Hall–Kier alpha value is -1.44. The highest BCUT2D eigenvalue weighted by molar-refractivity contribution is 7.10. The highest BCUT2D eigenvalue weighted by Crippen LogP contribution is 2.29. The number of aliphatic carboxylic acids is 1. The SMILES string of the molecule is CC1(C(=O)NC(C(=O)O)c2cccs2)COCC1N. The van der Waals surface area contributed by atoms with Crippen molar-refractivity contribution in [2.75, 3.05) is 13.2 Å². The summed E-state index contributed by atoms with van der Waals surface area (Å²) < 4.78 is 5.20. The second kappa shape index (κ2) is 5.28. The topological polar surface area (TPSA) is 102 Å². The number of nitrogens with two attached hydrogens (primary N) is 1. The molecule has 0 aromatic carbocycles. The molecule has 1 fully saturated rings. The van der Waals surface area contributed by atoms with E-state index in [0.717, 1.165) is 0 Å². The first kappa shape index (κ1) is 14.0. The lowest BCUT2D eigenvalue weighted by Crippen LogP contribution is -2.51. The number of carbonyl (C=O) groups excluding carboxylic acids is 1. The smallest absolute Gasteiger partial charge is 0.331 e. The zero-order valence-electron chi connectivity index (χ0n) is 10.5. The first-order valence-electron chi connectivity index (χ1n) is 5.85. The molecule has 1 aromatic heterocycles. The lowest BCUT2D eigenvalue weighted by molar-refractivity contribution is -0.144. The third-order valence-electron chi connectivity index (χ3n) is 3.39. The summed E-state index contributed by atoms with van der Waals surface area (Å²) in [6.07, 6.45) is 0. The van der Waals surface area contributed by atoms with Crippen molar-refractivity contribution in [2.45, 2.75) is 19.0 Å². The normalized spacial score (nSPS) is 28.0. The van der Waals surface area contributed by atoms with Crippen molar-refractivity contribution in [3.05, 3.63) is 22.4 Å². The Morgan fingerprint density at radius 3 is 2.89 bits per heavy atom. The molecule has 7 heteroatoms. The predicted octanol–water partition coefficient (Wildman–Crippen LogP) is 0.354. The maximum Gasteiger partial charge on any atom is 0.331 e. The Morgan fingerprint density at radius 2 is 2.42 bits per heavy atom. The van der Waals surface area contributed by atoms with E-state index in [1.165, 1.54) is 11.3 Å². The number of carboxylic acids is 1. The predicted molar refractivity (Wildman–Crippen MR) is 69.7 cm³/mol. The van der Waals surface area contributed by atoms with Gasteiger partial charge in [0.2, 0.25) is 5.91 Å². The Morgan fingerprint density at radius 1 is 1.68 bits per heavy atom. The monoisotopic (exact) mass is 284 g/mol. The Labute approximate surface area is 114 Å². The molecule has 0 radical (unpaired) electrons. The average Bonchev–Trinajstić information content (AvgIpc) is 2.97. The second-order valence-electron chi connectivity index (χ2n) is 4.80. The Balaban J connectivity index is 2.14. The molecule has 2 rings (SSSR count). The largest absolute Gasteiger partial charge is 0.479 e. The molecule has 6 nitrogen and oxygen atoms in total. The summed E-state index contributed by atoms with van der Waals surface area (Å²) in [7, 11) is 0. The molecule has 0 aliphatic carbocycles. The average molecular weight is 284 g/mol. The zero-order valence-corrected chi connectivity index (χ0v) is 11.3. The van der Waals surface area contributed by atoms with Crippen LogP contribution in [-0.2, 0) is 14.3 Å². The summed E-state index contributed by atoms with van der Waals surface area (Å²) in [5.74, 6) is -1.48. The molecule has 4 N–H and O–H groups in total. The van der Waals surface area contributed by atoms with E-state index in [0.29, 0.717) is 11.5 Å². The number of amides is 1. The van der Waals surface area contributed by atoms with E-state index in [1.807, 2.05) is 0 Å². The molecular formula is C12H16N2O4S. The quantitative estimate of drug-likeness (QED) is 0.740. The molecule has 19 heavy (non-hydrogen) atoms. The third-order valence-corrected chi connectivity index (χ3v) is 4.32. The van der Waals surface area contributed by atoms with Gasteiger partial charge >= 0.3 is 5.97 Å². The first-order chi connectivity index (χ1) is 8.95. The van der Waals surface area contributed by atoms with Crippen molar-refractivity contribution in [2.24, 2.45) is 11.1 Å². The van der Waals surface area contributed by atoms with Crippen LogP contribution in [0.15, 0.2) is 17.5 Å². The first-order valence-corrected chi connectivity index (χ1v) is 6.73. The minimum Gasteiger partial charge on any atom is -0.479 e. The number of hydrogen-bond acceptors (Lipinski definition) is 5. The molecular weight excluding hydrogens is 268 g/mol. The van der Waals surface area contributed by atoms with Crippen molar-refractivity contribution in [3.63, 3.8) is 0 Å². The highest BCUT2D eigenvalue weighted by atomic mass is 32.1. The fraction of sp³-hybridized carbons (Fsp3) is 0.500. The molecule has 3 unspecified atom stereocenters. The van der Waals surface area contributed by atoms with Gasteiger partial charge < -0.3 is 20.9 Å². The number of thiophene rings is 1. The Kier molecular flexibility index (Phi) is 3.88. The number of nitrogens with one attached hydrogen (secondary N) is 1. The molecule has 1 aliphatic rings. The van der Waals surface area contributed by atoms with Crippen LogP contribution >= 0.6 is 11.3 Å². The standard InChI is InChI=1S/C12H16N2O4S/c1-12(6-18-5-8(12)13)11(17)14-9(10(15)16)7-3-2-4-19-7/h2-4,8-9H,5-6,13H2,1H3,(H,14,17)(H,15,16). The number of rotatable bonds is 4. The summed E-state index contributed by atoms with van der Waals surface area (Å²) in [5, 5.41) is 13.5. The Bertz CT molecular complexity index is 476. The van der Waals surface area contributed by atoms with E-state index in [4.69, 9.17) is 10.5 Å². The van der Waals surface area contributed by atoms with Crippen LogP contribution in [0.3, 0.4) is 0 Å². The van der Waals surface area contributed by atoms with E-state index >= 15 is 0 Å². The van der Waals surface area contributed by atoms with Crippen LogP contribution in [0.25, 0.3) is 0 Å².